The van der Waals surface area contributed by atoms with Crippen LogP contribution in [0.2, 0.25) is 0 Å². The summed E-state index contributed by atoms with van der Waals surface area (Å²) < 4.78 is 0. The molecule has 21 heavy (non-hydrogen) atoms. The van der Waals surface area contributed by atoms with E-state index in [1.165, 1.54) is 4.90 Å². The largest absolute Gasteiger partial charge is 0.481 e. The molecule has 0 aromatic carbocycles. The number of rotatable bonds is 4. The fourth-order valence-corrected chi connectivity index (χ4v) is 2.31. The fourth-order valence-electron chi connectivity index (χ4n) is 2.31. The van der Waals surface area contributed by atoms with Gasteiger partial charge in [-0.15, -0.1) is 10.2 Å². The van der Waals surface area contributed by atoms with E-state index in [1.54, 1.807) is 0 Å². The summed E-state index contributed by atoms with van der Waals surface area (Å²) in [5.74, 6) is -1.21. The molecule has 0 bridgehead atoms. The summed E-state index contributed by atoms with van der Waals surface area (Å²) in [5, 5.41) is 19.5. The van der Waals surface area contributed by atoms with E-state index in [-0.39, 0.29) is 18.5 Å². The lowest BCUT2D eigenvalue weighted by Gasteiger charge is -2.16. The van der Waals surface area contributed by atoms with Crippen LogP contribution in [0.3, 0.4) is 0 Å². The molecule has 0 aliphatic carbocycles. The second-order valence-corrected chi connectivity index (χ2v) is 4.94. The van der Waals surface area contributed by atoms with Crippen molar-refractivity contribution < 1.29 is 14.7 Å². The summed E-state index contributed by atoms with van der Waals surface area (Å²) in [4.78, 5) is 28.7. The van der Waals surface area contributed by atoms with E-state index in [2.05, 4.69) is 20.5 Å². The van der Waals surface area contributed by atoms with Crippen LogP contribution in [-0.2, 0) is 17.6 Å². The highest BCUT2D eigenvalue weighted by molar-refractivity contribution is 5.88. The standard InChI is InChI=1S/C13H19N5O3/c1-3-9-10(4-2)16-17-12(14-9)15-13(21)18-6-5-8(7-18)11(19)20/h8H,3-7H2,1-2H3,(H,19,20)(H,14,15,17,21). The number of nitrogens with zero attached hydrogens (tertiary/aromatic N) is 4. The first kappa shape index (κ1) is 15.1. The number of aromatic nitrogens is 3. The van der Waals surface area contributed by atoms with Crippen molar-refractivity contribution >= 4 is 17.9 Å². The van der Waals surface area contributed by atoms with Crippen LogP contribution >= 0.6 is 0 Å². The number of likely N-dealkylation sites (tertiary alicyclic amines) is 1. The average Bonchev–Trinajstić information content (AvgIpc) is 2.97. The van der Waals surface area contributed by atoms with E-state index in [0.29, 0.717) is 19.4 Å². The lowest BCUT2D eigenvalue weighted by atomic mass is 10.1. The van der Waals surface area contributed by atoms with Crippen LogP contribution < -0.4 is 5.32 Å². The summed E-state index contributed by atoms with van der Waals surface area (Å²) in [7, 11) is 0. The molecule has 0 spiro atoms. The number of amides is 2. The number of aliphatic carboxylic acids is 1. The zero-order valence-electron chi connectivity index (χ0n) is 12.2. The van der Waals surface area contributed by atoms with Gasteiger partial charge < -0.3 is 10.0 Å². The molecular formula is C13H19N5O3. The number of carbonyl (C=O) groups excluding carboxylic acids is 1. The molecular weight excluding hydrogens is 274 g/mol. The molecule has 2 rings (SSSR count). The quantitative estimate of drug-likeness (QED) is 0.855. The van der Waals surface area contributed by atoms with Crippen LogP contribution in [0.25, 0.3) is 0 Å². The summed E-state index contributed by atoms with van der Waals surface area (Å²) in [6.45, 7) is 4.57. The maximum absolute atomic E-state index is 12.1. The van der Waals surface area contributed by atoms with Gasteiger partial charge >= 0.3 is 12.0 Å². The Morgan fingerprint density at radius 3 is 2.57 bits per heavy atom. The van der Waals surface area contributed by atoms with Crippen LogP contribution in [0.4, 0.5) is 10.7 Å². The second-order valence-electron chi connectivity index (χ2n) is 4.94. The Kier molecular flexibility index (Phi) is 4.66. The van der Waals surface area contributed by atoms with Gasteiger partial charge in [-0.2, -0.15) is 0 Å². The first-order chi connectivity index (χ1) is 10.0. The zero-order valence-corrected chi connectivity index (χ0v) is 12.2. The van der Waals surface area contributed by atoms with Crippen molar-refractivity contribution in [1.29, 1.82) is 0 Å². The SMILES string of the molecule is CCc1nnc(NC(=O)N2CCC(C(=O)O)C2)nc1CC. The normalized spacial score (nSPS) is 17.8. The minimum atomic E-state index is -0.871. The van der Waals surface area contributed by atoms with Crippen molar-refractivity contribution in [3.8, 4) is 0 Å². The van der Waals surface area contributed by atoms with Gasteiger partial charge in [-0.3, -0.25) is 10.1 Å². The summed E-state index contributed by atoms with van der Waals surface area (Å²) in [5.41, 5.74) is 1.63. The molecule has 2 heterocycles. The molecule has 1 aromatic heterocycles. The molecule has 2 N–H and O–H groups in total. The highest BCUT2D eigenvalue weighted by Crippen LogP contribution is 2.17. The van der Waals surface area contributed by atoms with E-state index >= 15 is 0 Å². The predicted octanol–water partition coefficient (Wildman–Crippen LogP) is 0.935. The number of carboxylic acids is 1. The number of hydrogen-bond donors (Lipinski definition) is 2. The van der Waals surface area contributed by atoms with Crippen molar-refractivity contribution in [3.05, 3.63) is 11.4 Å². The number of anilines is 1. The topological polar surface area (TPSA) is 108 Å². The van der Waals surface area contributed by atoms with Gasteiger partial charge in [-0.05, 0) is 19.3 Å². The van der Waals surface area contributed by atoms with Gasteiger partial charge in [0.15, 0.2) is 0 Å². The molecule has 8 nitrogen and oxygen atoms in total. The Morgan fingerprint density at radius 1 is 1.29 bits per heavy atom. The molecule has 1 fully saturated rings. The highest BCUT2D eigenvalue weighted by atomic mass is 16.4. The van der Waals surface area contributed by atoms with Crippen molar-refractivity contribution in [2.24, 2.45) is 5.92 Å². The van der Waals surface area contributed by atoms with Gasteiger partial charge in [0.2, 0.25) is 0 Å². The van der Waals surface area contributed by atoms with Crippen molar-refractivity contribution in [3.63, 3.8) is 0 Å². The van der Waals surface area contributed by atoms with Gasteiger partial charge in [0.25, 0.3) is 5.95 Å². The average molecular weight is 293 g/mol. The number of urea groups is 1. The van der Waals surface area contributed by atoms with Gasteiger partial charge in [-0.1, -0.05) is 13.8 Å². The van der Waals surface area contributed by atoms with Crippen LogP contribution in [-0.4, -0.2) is 50.3 Å². The Hall–Kier alpha value is -2.25. The van der Waals surface area contributed by atoms with E-state index in [0.717, 1.165) is 17.8 Å². The number of carbonyl (C=O) groups is 2. The second kappa shape index (κ2) is 6.47. The molecule has 1 aromatic rings. The van der Waals surface area contributed by atoms with Crippen LogP contribution in [0.15, 0.2) is 0 Å². The molecule has 1 saturated heterocycles. The van der Waals surface area contributed by atoms with Crippen LogP contribution in [0.1, 0.15) is 31.7 Å². The Bertz CT molecular complexity index is 549. The molecule has 1 aliphatic rings. The Morgan fingerprint density at radius 2 is 2.00 bits per heavy atom. The number of hydrogen-bond acceptors (Lipinski definition) is 5. The Labute approximate surface area is 122 Å². The minimum absolute atomic E-state index is 0.160. The van der Waals surface area contributed by atoms with Crippen molar-refractivity contribution in [1.82, 2.24) is 20.1 Å². The monoisotopic (exact) mass is 293 g/mol. The van der Waals surface area contributed by atoms with Crippen LogP contribution in [0, 0.1) is 5.92 Å². The van der Waals surface area contributed by atoms with Gasteiger partial charge in [0.05, 0.1) is 17.3 Å². The van der Waals surface area contributed by atoms with Crippen molar-refractivity contribution in [2.45, 2.75) is 33.1 Å². The zero-order chi connectivity index (χ0) is 15.4. The summed E-state index contributed by atoms with van der Waals surface area (Å²) in [6, 6.07) is -0.383. The van der Waals surface area contributed by atoms with E-state index < -0.39 is 11.9 Å². The number of carboxylic acid groups (broad SMARTS) is 1. The molecule has 0 saturated carbocycles. The number of aryl methyl sites for hydroxylation is 2. The lowest BCUT2D eigenvalue weighted by Crippen LogP contribution is -2.34. The molecule has 1 aliphatic heterocycles. The maximum atomic E-state index is 12.1. The van der Waals surface area contributed by atoms with E-state index in [9.17, 15) is 9.59 Å². The lowest BCUT2D eigenvalue weighted by molar-refractivity contribution is -0.141. The first-order valence-electron chi connectivity index (χ1n) is 7.06. The van der Waals surface area contributed by atoms with Crippen LogP contribution in [0.5, 0.6) is 0 Å². The summed E-state index contributed by atoms with van der Waals surface area (Å²) >= 11 is 0. The predicted molar refractivity (Wildman–Crippen MR) is 74.9 cm³/mol. The third kappa shape index (κ3) is 3.45. The first-order valence-corrected chi connectivity index (χ1v) is 7.06. The molecule has 114 valence electrons. The highest BCUT2D eigenvalue weighted by Gasteiger charge is 2.31. The fraction of sp³-hybridized carbons (Fsp3) is 0.615. The molecule has 2 amide bonds. The third-order valence-electron chi connectivity index (χ3n) is 3.55. The molecule has 8 heteroatoms. The third-order valence-corrected chi connectivity index (χ3v) is 3.55. The van der Waals surface area contributed by atoms with E-state index in [1.807, 2.05) is 13.8 Å². The summed E-state index contributed by atoms with van der Waals surface area (Å²) in [6.07, 6.45) is 1.92. The molecule has 0 radical (unpaired) electrons. The maximum Gasteiger partial charge on any atom is 0.324 e. The van der Waals surface area contributed by atoms with Gasteiger partial charge in [0, 0.05) is 13.1 Å². The minimum Gasteiger partial charge on any atom is -0.481 e. The molecule has 1 atom stereocenters. The van der Waals surface area contributed by atoms with Gasteiger partial charge in [0.1, 0.15) is 0 Å². The van der Waals surface area contributed by atoms with E-state index in [4.69, 9.17) is 5.11 Å². The molecule has 1 unspecified atom stereocenters. The smallest absolute Gasteiger partial charge is 0.324 e. The van der Waals surface area contributed by atoms with Crippen molar-refractivity contribution in [2.75, 3.05) is 18.4 Å². The Balaban J connectivity index is 2.02. The van der Waals surface area contributed by atoms with Gasteiger partial charge in [-0.25, -0.2) is 9.78 Å². The number of nitrogens with one attached hydrogen (secondary N) is 1.